The maximum atomic E-state index is 12.2. The molecule has 1 atom stereocenters. The van der Waals surface area contributed by atoms with Crippen molar-refractivity contribution in [2.24, 2.45) is 11.7 Å². The van der Waals surface area contributed by atoms with Gasteiger partial charge >= 0.3 is 0 Å². The summed E-state index contributed by atoms with van der Waals surface area (Å²) < 4.78 is 28.6. The Kier molecular flexibility index (Phi) is 4.97. The third-order valence-corrected chi connectivity index (χ3v) is 5.20. The summed E-state index contributed by atoms with van der Waals surface area (Å²) in [5.74, 6) is 0.412. The van der Waals surface area contributed by atoms with Gasteiger partial charge in [0.25, 0.3) is 10.2 Å². The van der Waals surface area contributed by atoms with Crippen LogP contribution in [-0.2, 0) is 16.8 Å². The highest BCUT2D eigenvalue weighted by atomic mass is 32.2. The van der Waals surface area contributed by atoms with Crippen molar-refractivity contribution in [2.45, 2.75) is 26.3 Å². The minimum atomic E-state index is -3.42. The van der Waals surface area contributed by atoms with Crippen LogP contribution in [0.3, 0.4) is 0 Å². The average molecular weight is 310 g/mol. The molecule has 1 saturated heterocycles. The van der Waals surface area contributed by atoms with Crippen molar-refractivity contribution in [3.05, 3.63) is 35.4 Å². The summed E-state index contributed by atoms with van der Waals surface area (Å²) in [7, 11) is -3.42. The van der Waals surface area contributed by atoms with Gasteiger partial charge in [0.2, 0.25) is 0 Å². The van der Waals surface area contributed by atoms with Gasteiger partial charge < -0.3 is 5.73 Å². The quantitative estimate of drug-likeness (QED) is 0.559. The van der Waals surface area contributed by atoms with Crippen molar-refractivity contribution in [2.75, 3.05) is 13.1 Å². The lowest BCUT2D eigenvalue weighted by Gasteiger charge is -2.30. The molecule has 0 amide bonds. The molecule has 1 aliphatic heterocycles. The maximum absolute atomic E-state index is 12.2. The first-order valence-corrected chi connectivity index (χ1v) is 8.50. The van der Waals surface area contributed by atoms with Crippen molar-refractivity contribution in [3.8, 4) is 0 Å². The normalized spacial score (nSPS) is 20.3. The Labute approximate surface area is 126 Å². The fourth-order valence-corrected chi connectivity index (χ4v) is 3.78. The van der Waals surface area contributed by atoms with Crippen LogP contribution >= 0.6 is 0 Å². The van der Waals surface area contributed by atoms with Gasteiger partial charge in [-0.05, 0) is 24.3 Å². The third-order valence-electron chi connectivity index (χ3n) is 3.68. The van der Waals surface area contributed by atoms with Crippen LogP contribution in [0.2, 0.25) is 0 Å². The van der Waals surface area contributed by atoms with Gasteiger partial charge in [-0.25, -0.2) is 0 Å². The van der Waals surface area contributed by atoms with Crippen molar-refractivity contribution in [1.29, 1.82) is 5.41 Å². The molecule has 1 unspecified atom stereocenters. The monoisotopic (exact) mass is 310 g/mol. The van der Waals surface area contributed by atoms with Gasteiger partial charge in [-0.2, -0.15) is 17.4 Å². The Morgan fingerprint density at radius 1 is 1.43 bits per heavy atom. The minimum Gasteiger partial charge on any atom is -0.384 e. The van der Waals surface area contributed by atoms with E-state index in [0.717, 1.165) is 18.4 Å². The van der Waals surface area contributed by atoms with Crippen molar-refractivity contribution >= 4 is 16.0 Å². The molecule has 2 rings (SSSR count). The van der Waals surface area contributed by atoms with Crippen LogP contribution in [0, 0.1) is 11.3 Å². The standard InChI is InChI=1S/C14H22N4O2S/c1-11-3-2-8-18(10-11)21(19,20)17-9-12-4-6-13(7-5-12)14(15)16/h4-7,11,17H,2-3,8-10H2,1H3,(H3,15,16). The third kappa shape index (κ3) is 4.26. The molecule has 1 aromatic carbocycles. The zero-order chi connectivity index (χ0) is 15.5. The zero-order valence-corrected chi connectivity index (χ0v) is 13.0. The molecule has 0 aromatic heterocycles. The molecular formula is C14H22N4O2S. The SMILES string of the molecule is CC1CCCN(S(=O)(=O)NCc2ccc(C(=N)N)cc2)C1. The van der Waals surface area contributed by atoms with Crippen LogP contribution in [-0.4, -0.2) is 31.6 Å². The molecule has 0 spiro atoms. The zero-order valence-electron chi connectivity index (χ0n) is 12.2. The first-order chi connectivity index (χ1) is 9.88. The van der Waals surface area contributed by atoms with Gasteiger partial charge in [-0.15, -0.1) is 0 Å². The number of hydrogen-bond donors (Lipinski definition) is 3. The highest BCUT2D eigenvalue weighted by Gasteiger charge is 2.26. The van der Waals surface area contributed by atoms with Crippen LogP contribution < -0.4 is 10.5 Å². The topological polar surface area (TPSA) is 99.3 Å². The summed E-state index contributed by atoms with van der Waals surface area (Å²) in [4.78, 5) is 0. The molecule has 1 aromatic rings. The predicted molar refractivity (Wildman–Crippen MR) is 83.2 cm³/mol. The minimum absolute atomic E-state index is 0.00411. The summed E-state index contributed by atoms with van der Waals surface area (Å²) in [6, 6.07) is 6.99. The van der Waals surface area contributed by atoms with E-state index in [0.29, 0.717) is 24.6 Å². The largest absolute Gasteiger partial charge is 0.384 e. The smallest absolute Gasteiger partial charge is 0.279 e. The number of piperidine rings is 1. The van der Waals surface area contributed by atoms with Gasteiger partial charge in [0.05, 0.1) is 0 Å². The van der Waals surface area contributed by atoms with Gasteiger partial charge in [0, 0.05) is 25.2 Å². The van der Waals surface area contributed by atoms with Crippen molar-refractivity contribution < 1.29 is 8.42 Å². The lowest BCUT2D eigenvalue weighted by Crippen LogP contribution is -2.45. The second-order valence-corrected chi connectivity index (χ2v) is 7.30. The molecule has 0 aliphatic carbocycles. The second-order valence-electron chi connectivity index (χ2n) is 5.54. The number of nitrogen functional groups attached to an aromatic ring is 1. The summed E-state index contributed by atoms with van der Waals surface area (Å²) in [5.41, 5.74) is 6.85. The number of nitrogens with zero attached hydrogens (tertiary/aromatic N) is 1. The number of amidine groups is 1. The lowest BCUT2D eigenvalue weighted by molar-refractivity contribution is 0.278. The van der Waals surface area contributed by atoms with Gasteiger partial charge in [0.15, 0.2) is 0 Å². The molecule has 0 radical (unpaired) electrons. The number of nitrogens with one attached hydrogen (secondary N) is 2. The van der Waals surface area contributed by atoms with Gasteiger partial charge in [-0.1, -0.05) is 31.2 Å². The molecular weight excluding hydrogens is 288 g/mol. The summed E-state index contributed by atoms with van der Waals surface area (Å²) in [6.45, 7) is 3.48. The van der Waals surface area contributed by atoms with E-state index >= 15 is 0 Å². The first kappa shape index (κ1) is 15.9. The van der Waals surface area contributed by atoms with Gasteiger partial charge in [-0.3, -0.25) is 5.41 Å². The van der Waals surface area contributed by atoms with E-state index in [1.165, 1.54) is 4.31 Å². The molecule has 1 aliphatic rings. The van der Waals surface area contributed by atoms with Crippen LogP contribution in [0.1, 0.15) is 30.9 Å². The molecule has 0 saturated carbocycles. The number of nitrogens with two attached hydrogens (primary N) is 1. The molecule has 1 heterocycles. The molecule has 1 fully saturated rings. The molecule has 21 heavy (non-hydrogen) atoms. The highest BCUT2D eigenvalue weighted by molar-refractivity contribution is 7.87. The van der Waals surface area contributed by atoms with Crippen LogP contribution in [0.15, 0.2) is 24.3 Å². The van der Waals surface area contributed by atoms with Crippen LogP contribution in [0.25, 0.3) is 0 Å². The van der Waals surface area contributed by atoms with E-state index in [9.17, 15) is 8.42 Å². The second kappa shape index (κ2) is 6.55. The Morgan fingerprint density at radius 3 is 2.67 bits per heavy atom. The summed E-state index contributed by atoms with van der Waals surface area (Å²) in [6.07, 6.45) is 1.99. The van der Waals surface area contributed by atoms with Crippen molar-refractivity contribution in [1.82, 2.24) is 9.03 Å². The lowest BCUT2D eigenvalue weighted by atomic mass is 10.0. The number of benzene rings is 1. The maximum Gasteiger partial charge on any atom is 0.279 e. The van der Waals surface area contributed by atoms with E-state index in [-0.39, 0.29) is 12.4 Å². The molecule has 7 heteroatoms. The van der Waals surface area contributed by atoms with Crippen LogP contribution in [0.5, 0.6) is 0 Å². The molecule has 4 N–H and O–H groups in total. The summed E-state index contributed by atoms with van der Waals surface area (Å²) >= 11 is 0. The van der Waals surface area contributed by atoms with Crippen molar-refractivity contribution in [3.63, 3.8) is 0 Å². The van der Waals surface area contributed by atoms with E-state index in [1.807, 2.05) is 0 Å². The average Bonchev–Trinajstić information content (AvgIpc) is 2.45. The molecule has 6 nitrogen and oxygen atoms in total. The Morgan fingerprint density at radius 2 is 2.10 bits per heavy atom. The Bertz CT molecular complexity index is 598. The summed E-state index contributed by atoms with van der Waals surface area (Å²) in [5, 5.41) is 7.32. The number of rotatable bonds is 5. The first-order valence-electron chi connectivity index (χ1n) is 7.06. The fourth-order valence-electron chi connectivity index (χ4n) is 2.43. The Hall–Kier alpha value is -1.44. The van der Waals surface area contributed by atoms with E-state index in [1.54, 1.807) is 24.3 Å². The Balaban J connectivity index is 1.96. The van der Waals surface area contributed by atoms with Gasteiger partial charge in [0.1, 0.15) is 5.84 Å². The van der Waals surface area contributed by atoms with E-state index in [4.69, 9.17) is 11.1 Å². The molecule has 116 valence electrons. The number of hydrogen-bond acceptors (Lipinski definition) is 3. The van der Waals surface area contributed by atoms with Crippen LogP contribution in [0.4, 0.5) is 0 Å². The fraction of sp³-hybridized carbons (Fsp3) is 0.500. The van der Waals surface area contributed by atoms with E-state index in [2.05, 4.69) is 11.6 Å². The molecule has 0 bridgehead atoms. The predicted octanol–water partition coefficient (Wildman–Crippen LogP) is 1.04. The highest BCUT2D eigenvalue weighted by Crippen LogP contribution is 2.17. The van der Waals surface area contributed by atoms with E-state index < -0.39 is 10.2 Å².